The maximum atomic E-state index is 11.9. The molecule has 0 spiro atoms. The van der Waals surface area contributed by atoms with E-state index >= 15 is 0 Å². The maximum Gasteiger partial charge on any atom is 0.185 e. The molecule has 0 saturated carbocycles. The minimum Gasteiger partial charge on any atom is -0.289 e. The van der Waals surface area contributed by atoms with Crippen LogP contribution in [0.5, 0.6) is 0 Å². The highest BCUT2D eigenvalue weighted by Gasteiger charge is 2.00. The van der Waals surface area contributed by atoms with Gasteiger partial charge in [-0.05, 0) is 25.5 Å². The van der Waals surface area contributed by atoms with Gasteiger partial charge in [0, 0.05) is 5.56 Å². The molecular weight excluding hydrogens is 220 g/mol. The van der Waals surface area contributed by atoms with Crippen LogP contribution in [0.25, 0.3) is 6.08 Å². The first-order valence-electron chi connectivity index (χ1n) is 6.01. The third-order valence-electron chi connectivity index (χ3n) is 2.81. The number of rotatable bonds is 3. The monoisotopic (exact) mass is 236 g/mol. The fraction of sp³-hybridized carbons (Fsp3) is 0.118. The number of carbonyl (C=O) groups excluding carboxylic acids is 1. The van der Waals surface area contributed by atoms with Crippen molar-refractivity contribution in [3.8, 4) is 0 Å². The van der Waals surface area contributed by atoms with Crippen LogP contribution in [0.1, 0.15) is 27.0 Å². The van der Waals surface area contributed by atoms with E-state index in [9.17, 15) is 4.79 Å². The van der Waals surface area contributed by atoms with Crippen LogP contribution in [0, 0.1) is 13.8 Å². The molecule has 0 aliphatic carbocycles. The standard InChI is InChI=1S/C17H16O/c1-13-6-9-16(10-7-13)17(18)11-8-15-5-3-4-14(2)12-15/h3-12H,1-2H3/b11-8+. The zero-order valence-electron chi connectivity index (χ0n) is 10.7. The number of benzene rings is 2. The summed E-state index contributed by atoms with van der Waals surface area (Å²) in [5.41, 5.74) is 4.13. The number of hydrogen-bond acceptors (Lipinski definition) is 1. The maximum absolute atomic E-state index is 11.9. The molecule has 0 aliphatic rings. The van der Waals surface area contributed by atoms with Gasteiger partial charge in [-0.15, -0.1) is 0 Å². The highest BCUT2D eigenvalue weighted by atomic mass is 16.1. The van der Waals surface area contributed by atoms with Gasteiger partial charge < -0.3 is 0 Å². The zero-order valence-corrected chi connectivity index (χ0v) is 10.7. The Morgan fingerprint density at radius 2 is 1.67 bits per heavy atom. The first-order chi connectivity index (χ1) is 8.65. The van der Waals surface area contributed by atoms with Gasteiger partial charge in [-0.1, -0.05) is 65.7 Å². The van der Waals surface area contributed by atoms with Crippen molar-refractivity contribution in [3.63, 3.8) is 0 Å². The molecule has 0 aliphatic heterocycles. The van der Waals surface area contributed by atoms with Crippen molar-refractivity contribution in [3.05, 3.63) is 76.9 Å². The summed E-state index contributed by atoms with van der Waals surface area (Å²) in [6.07, 6.45) is 3.48. The number of aryl methyl sites for hydroxylation is 2. The van der Waals surface area contributed by atoms with E-state index in [1.807, 2.05) is 62.4 Å². The molecule has 2 rings (SSSR count). The Labute approximate surface area is 108 Å². The van der Waals surface area contributed by atoms with Gasteiger partial charge in [0.25, 0.3) is 0 Å². The highest BCUT2D eigenvalue weighted by molar-refractivity contribution is 6.06. The summed E-state index contributed by atoms with van der Waals surface area (Å²) in [5.74, 6) is 0.0384. The Morgan fingerprint density at radius 3 is 2.33 bits per heavy atom. The molecule has 0 heterocycles. The molecule has 1 heteroatoms. The lowest BCUT2D eigenvalue weighted by Gasteiger charge is -1.98. The van der Waals surface area contributed by atoms with Crippen LogP contribution >= 0.6 is 0 Å². The second-order valence-corrected chi connectivity index (χ2v) is 4.48. The van der Waals surface area contributed by atoms with Crippen LogP contribution in [0.15, 0.2) is 54.6 Å². The Morgan fingerprint density at radius 1 is 0.944 bits per heavy atom. The summed E-state index contributed by atoms with van der Waals surface area (Å²) in [7, 11) is 0. The SMILES string of the molecule is Cc1ccc(C(=O)/C=C/c2cccc(C)c2)cc1. The van der Waals surface area contributed by atoms with Crippen molar-refractivity contribution in [1.82, 2.24) is 0 Å². The molecule has 0 bridgehead atoms. The van der Waals surface area contributed by atoms with Crippen molar-refractivity contribution < 1.29 is 4.79 Å². The van der Waals surface area contributed by atoms with E-state index in [4.69, 9.17) is 0 Å². The minimum absolute atomic E-state index is 0.0384. The summed E-state index contributed by atoms with van der Waals surface area (Å²) >= 11 is 0. The average molecular weight is 236 g/mol. The molecule has 0 amide bonds. The lowest BCUT2D eigenvalue weighted by atomic mass is 10.1. The fourth-order valence-corrected chi connectivity index (χ4v) is 1.76. The van der Waals surface area contributed by atoms with Crippen LogP contribution in [0.2, 0.25) is 0 Å². The lowest BCUT2D eigenvalue weighted by Crippen LogP contribution is -1.93. The van der Waals surface area contributed by atoms with Gasteiger partial charge in [-0.2, -0.15) is 0 Å². The van der Waals surface area contributed by atoms with Gasteiger partial charge in [0.1, 0.15) is 0 Å². The highest BCUT2D eigenvalue weighted by Crippen LogP contribution is 2.09. The van der Waals surface area contributed by atoms with Crippen molar-refractivity contribution in [2.24, 2.45) is 0 Å². The van der Waals surface area contributed by atoms with Crippen LogP contribution in [0.4, 0.5) is 0 Å². The van der Waals surface area contributed by atoms with Gasteiger partial charge in [0.15, 0.2) is 5.78 Å². The zero-order chi connectivity index (χ0) is 13.0. The van der Waals surface area contributed by atoms with Crippen molar-refractivity contribution in [1.29, 1.82) is 0 Å². The molecule has 18 heavy (non-hydrogen) atoms. The number of allylic oxidation sites excluding steroid dienone is 1. The lowest BCUT2D eigenvalue weighted by molar-refractivity contribution is 0.104. The van der Waals surface area contributed by atoms with Gasteiger partial charge in [0.2, 0.25) is 0 Å². The van der Waals surface area contributed by atoms with E-state index in [0.717, 1.165) is 16.7 Å². The first kappa shape index (κ1) is 12.3. The minimum atomic E-state index is 0.0384. The number of carbonyl (C=O) groups is 1. The summed E-state index contributed by atoms with van der Waals surface area (Å²) in [6.45, 7) is 4.05. The molecule has 0 aromatic heterocycles. The third kappa shape index (κ3) is 3.17. The summed E-state index contributed by atoms with van der Waals surface area (Å²) < 4.78 is 0. The Bertz CT molecular complexity index is 577. The fourth-order valence-electron chi connectivity index (χ4n) is 1.76. The van der Waals surface area contributed by atoms with Crippen LogP contribution in [-0.2, 0) is 0 Å². The summed E-state index contributed by atoms with van der Waals surface area (Å²) in [5, 5.41) is 0. The second kappa shape index (κ2) is 5.46. The van der Waals surface area contributed by atoms with E-state index in [1.54, 1.807) is 6.08 Å². The second-order valence-electron chi connectivity index (χ2n) is 4.48. The topological polar surface area (TPSA) is 17.1 Å². The third-order valence-corrected chi connectivity index (χ3v) is 2.81. The normalized spacial score (nSPS) is 10.8. The van der Waals surface area contributed by atoms with Crippen LogP contribution in [-0.4, -0.2) is 5.78 Å². The molecule has 1 nitrogen and oxygen atoms in total. The molecular formula is C17H16O. The molecule has 0 unspecified atom stereocenters. The van der Waals surface area contributed by atoms with Gasteiger partial charge in [-0.25, -0.2) is 0 Å². The molecule has 2 aromatic rings. The summed E-state index contributed by atoms with van der Waals surface area (Å²) in [6, 6.07) is 15.7. The molecule has 2 aromatic carbocycles. The van der Waals surface area contributed by atoms with Crippen LogP contribution in [0.3, 0.4) is 0 Å². The van der Waals surface area contributed by atoms with Crippen molar-refractivity contribution in [2.75, 3.05) is 0 Å². The quantitative estimate of drug-likeness (QED) is 0.576. The van der Waals surface area contributed by atoms with Crippen molar-refractivity contribution >= 4 is 11.9 Å². The predicted molar refractivity (Wildman–Crippen MR) is 75.7 cm³/mol. The van der Waals surface area contributed by atoms with Gasteiger partial charge in [-0.3, -0.25) is 4.79 Å². The Kier molecular flexibility index (Phi) is 3.73. The Hall–Kier alpha value is -2.15. The largest absolute Gasteiger partial charge is 0.289 e. The predicted octanol–water partition coefficient (Wildman–Crippen LogP) is 4.20. The van der Waals surface area contributed by atoms with Crippen LogP contribution < -0.4 is 0 Å². The molecule has 0 radical (unpaired) electrons. The van der Waals surface area contributed by atoms with E-state index < -0.39 is 0 Å². The molecule has 0 saturated heterocycles. The van der Waals surface area contributed by atoms with E-state index in [2.05, 4.69) is 6.07 Å². The number of hydrogen-bond donors (Lipinski definition) is 0. The van der Waals surface area contributed by atoms with E-state index in [1.165, 1.54) is 5.56 Å². The molecule has 0 N–H and O–H groups in total. The molecule has 0 fully saturated rings. The first-order valence-corrected chi connectivity index (χ1v) is 6.01. The van der Waals surface area contributed by atoms with E-state index in [0.29, 0.717) is 0 Å². The molecule has 0 atom stereocenters. The molecule has 90 valence electrons. The summed E-state index contributed by atoms with van der Waals surface area (Å²) in [4.78, 5) is 11.9. The van der Waals surface area contributed by atoms with E-state index in [-0.39, 0.29) is 5.78 Å². The van der Waals surface area contributed by atoms with Gasteiger partial charge in [0.05, 0.1) is 0 Å². The van der Waals surface area contributed by atoms with Crippen molar-refractivity contribution in [2.45, 2.75) is 13.8 Å². The smallest absolute Gasteiger partial charge is 0.185 e. The number of ketones is 1. The van der Waals surface area contributed by atoms with Gasteiger partial charge >= 0.3 is 0 Å². The average Bonchev–Trinajstić information content (AvgIpc) is 2.37. The Balaban J connectivity index is 2.14.